The Balaban J connectivity index is 0.968. The van der Waals surface area contributed by atoms with Gasteiger partial charge in [-0.15, -0.1) is 0 Å². The first kappa shape index (κ1) is 38.7. The highest BCUT2D eigenvalue weighted by Gasteiger charge is 2.51. The third kappa shape index (κ3) is 5.59. The molecule has 4 heterocycles. The molecule has 1 aliphatic carbocycles. The third-order valence-corrected chi connectivity index (χ3v) is 14.5. The summed E-state index contributed by atoms with van der Waals surface area (Å²) in [6, 6.07) is 81.5. The minimum Gasteiger partial charge on any atom is -0.457 e. The third-order valence-electron chi connectivity index (χ3n) is 14.5. The summed E-state index contributed by atoms with van der Waals surface area (Å²) in [6.07, 6.45) is 0. The van der Waals surface area contributed by atoms with Crippen molar-refractivity contribution in [3.63, 3.8) is 0 Å². The van der Waals surface area contributed by atoms with Crippen molar-refractivity contribution >= 4 is 43.7 Å². The number of nitrogens with zero attached hydrogens (tertiary/aromatic N) is 4. The summed E-state index contributed by atoms with van der Waals surface area (Å²) < 4.78 is 15.6. The fourth-order valence-electron chi connectivity index (χ4n) is 11.4. The Labute approximate surface area is 402 Å². The second-order valence-corrected chi connectivity index (χ2v) is 18.3. The van der Waals surface area contributed by atoms with Gasteiger partial charge in [0.2, 0.25) is 0 Å². The number of hydrogen-bond acceptors (Lipinski definition) is 5. The summed E-state index contributed by atoms with van der Waals surface area (Å²) in [5.74, 6) is 3.57. The summed E-state index contributed by atoms with van der Waals surface area (Å²) in [5.41, 5.74) is 16.4. The summed E-state index contributed by atoms with van der Waals surface area (Å²) in [5, 5.41) is 4.52. The van der Waals surface area contributed by atoms with Gasteiger partial charge < -0.3 is 13.7 Å². The van der Waals surface area contributed by atoms with Gasteiger partial charge in [-0.1, -0.05) is 164 Å². The zero-order valence-corrected chi connectivity index (χ0v) is 37.5. The van der Waals surface area contributed by atoms with Crippen LogP contribution in [-0.4, -0.2) is 19.5 Å². The van der Waals surface area contributed by atoms with Crippen LogP contribution in [0.3, 0.4) is 0 Å². The van der Waals surface area contributed by atoms with Gasteiger partial charge in [0.1, 0.15) is 22.7 Å². The predicted molar refractivity (Wildman–Crippen MR) is 281 cm³/mol. The SMILES string of the molecule is c1ccc(-c2nc(-c3ccccc3)nc(-c3ccc4c(c3)-c3cc(-c5ccc6c(c5)c5cc7oc8ccccc8c7cc5n6-c5ccccc5)ccc3C43c4ccccc4Oc4ccccc43)n2)cc1. The second kappa shape index (κ2) is 14.8. The molecule has 326 valence electrons. The monoisotopic (exact) mass is 894 g/mol. The van der Waals surface area contributed by atoms with Gasteiger partial charge in [-0.2, -0.15) is 0 Å². The molecule has 0 atom stereocenters. The predicted octanol–water partition coefficient (Wildman–Crippen LogP) is 16.0. The number of rotatable bonds is 5. The van der Waals surface area contributed by atoms with E-state index >= 15 is 0 Å². The molecule has 0 amide bonds. The van der Waals surface area contributed by atoms with Crippen molar-refractivity contribution in [1.29, 1.82) is 0 Å². The molecule has 70 heavy (non-hydrogen) atoms. The van der Waals surface area contributed by atoms with Gasteiger partial charge in [-0.25, -0.2) is 15.0 Å². The number of furan rings is 1. The minimum atomic E-state index is -0.651. The van der Waals surface area contributed by atoms with E-state index in [4.69, 9.17) is 24.1 Å². The van der Waals surface area contributed by atoms with Crippen LogP contribution < -0.4 is 4.74 Å². The van der Waals surface area contributed by atoms with Gasteiger partial charge in [0.05, 0.1) is 16.4 Å². The van der Waals surface area contributed by atoms with Gasteiger partial charge >= 0.3 is 0 Å². The molecule has 0 bridgehead atoms. The number of benzene rings is 10. The van der Waals surface area contributed by atoms with Crippen LogP contribution in [0.4, 0.5) is 0 Å². The molecule has 6 heteroatoms. The van der Waals surface area contributed by atoms with Gasteiger partial charge in [0, 0.05) is 55.0 Å². The van der Waals surface area contributed by atoms with E-state index in [0.717, 1.165) is 111 Å². The molecule has 0 unspecified atom stereocenters. The highest BCUT2D eigenvalue weighted by atomic mass is 16.5. The van der Waals surface area contributed by atoms with E-state index in [1.165, 1.54) is 11.1 Å². The maximum absolute atomic E-state index is 6.71. The molecule has 0 saturated carbocycles. The van der Waals surface area contributed by atoms with Crippen LogP contribution in [0.5, 0.6) is 11.5 Å². The minimum absolute atomic E-state index is 0.612. The number of aromatic nitrogens is 4. The number of para-hydroxylation sites is 4. The van der Waals surface area contributed by atoms with E-state index in [9.17, 15) is 0 Å². The van der Waals surface area contributed by atoms with Crippen molar-refractivity contribution in [2.75, 3.05) is 0 Å². The smallest absolute Gasteiger partial charge is 0.164 e. The second-order valence-electron chi connectivity index (χ2n) is 18.3. The van der Waals surface area contributed by atoms with Crippen LogP contribution in [0.2, 0.25) is 0 Å². The number of fused-ring (bicyclic) bond motifs is 15. The van der Waals surface area contributed by atoms with Gasteiger partial charge in [-0.3, -0.25) is 0 Å². The molecule has 1 aliphatic heterocycles. The quantitative estimate of drug-likeness (QED) is 0.172. The van der Waals surface area contributed by atoms with Crippen molar-refractivity contribution in [3.05, 3.63) is 253 Å². The first-order chi connectivity index (χ1) is 34.7. The molecular weight excluding hydrogens is 857 g/mol. The highest BCUT2D eigenvalue weighted by Crippen LogP contribution is 2.62. The fraction of sp³-hybridized carbons (Fsp3) is 0.0156. The van der Waals surface area contributed by atoms with E-state index in [0.29, 0.717) is 17.5 Å². The van der Waals surface area contributed by atoms with E-state index in [1.807, 2.05) is 72.8 Å². The summed E-state index contributed by atoms with van der Waals surface area (Å²) in [6.45, 7) is 0. The fourth-order valence-corrected chi connectivity index (χ4v) is 11.4. The Hall–Kier alpha value is -9.39. The molecule has 2 aliphatic rings. The lowest BCUT2D eigenvalue weighted by atomic mass is 9.66. The molecule has 15 rings (SSSR count). The van der Waals surface area contributed by atoms with Crippen LogP contribution in [0.15, 0.2) is 235 Å². The highest BCUT2D eigenvalue weighted by molar-refractivity contribution is 6.17. The van der Waals surface area contributed by atoms with E-state index in [1.54, 1.807) is 0 Å². The van der Waals surface area contributed by atoms with Crippen molar-refractivity contribution in [2.24, 2.45) is 0 Å². The van der Waals surface area contributed by atoms with Crippen LogP contribution >= 0.6 is 0 Å². The summed E-state index contributed by atoms with van der Waals surface area (Å²) >= 11 is 0. The maximum Gasteiger partial charge on any atom is 0.164 e. The lowest BCUT2D eigenvalue weighted by Gasteiger charge is -2.39. The molecule has 0 saturated heterocycles. The van der Waals surface area contributed by atoms with Crippen molar-refractivity contribution in [2.45, 2.75) is 5.41 Å². The average molecular weight is 895 g/mol. The van der Waals surface area contributed by atoms with E-state index in [2.05, 4.69) is 162 Å². The van der Waals surface area contributed by atoms with E-state index < -0.39 is 5.41 Å². The Kier molecular flexibility index (Phi) is 8.18. The average Bonchev–Trinajstić information content (AvgIpc) is 4.06. The standard InChI is InChI=1S/C64H38N4O2/c1-4-16-39(17-5-1)61-65-62(40-18-6-2-7-19-40)67-63(66-61)43-29-32-52-47(36-43)46-34-41(28-31-51(46)64(52)53-23-11-14-26-58(53)70-59-27-15-12-24-54(59)64)42-30-33-55-48(35-42)49-38-60-50(45-22-10-13-25-57(45)69-60)37-56(49)68(55)44-20-8-3-9-21-44/h1-38H. The number of hydrogen-bond donors (Lipinski definition) is 0. The first-order valence-electron chi connectivity index (χ1n) is 23.7. The van der Waals surface area contributed by atoms with Gasteiger partial charge in [0.25, 0.3) is 0 Å². The molecule has 6 nitrogen and oxygen atoms in total. The largest absolute Gasteiger partial charge is 0.457 e. The normalized spacial score (nSPS) is 13.1. The Morgan fingerprint density at radius 3 is 1.51 bits per heavy atom. The summed E-state index contributed by atoms with van der Waals surface area (Å²) in [4.78, 5) is 15.4. The molecule has 0 N–H and O–H groups in total. The van der Waals surface area contributed by atoms with Crippen LogP contribution in [0, 0.1) is 0 Å². The Morgan fingerprint density at radius 2 is 0.843 bits per heavy atom. The van der Waals surface area contributed by atoms with Crippen LogP contribution in [-0.2, 0) is 5.41 Å². The zero-order valence-electron chi connectivity index (χ0n) is 37.5. The van der Waals surface area contributed by atoms with Crippen molar-refractivity contribution in [1.82, 2.24) is 19.5 Å². The Morgan fingerprint density at radius 1 is 0.329 bits per heavy atom. The molecule has 10 aromatic carbocycles. The lowest BCUT2D eigenvalue weighted by molar-refractivity contribution is 0.436. The maximum atomic E-state index is 6.71. The molecule has 0 fully saturated rings. The van der Waals surface area contributed by atoms with E-state index in [-0.39, 0.29) is 0 Å². The molecular formula is C64H38N4O2. The van der Waals surface area contributed by atoms with Crippen LogP contribution in [0.1, 0.15) is 22.3 Å². The first-order valence-corrected chi connectivity index (χ1v) is 23.7. The van der Waals surface area contributed by atoms with Gasteiger partial charge in [-0.05, 0) is 100 Å². The lowest BCUT2D eigenvalue weighted by Crippen LogP contribution is -2.32. The van der Waals surface area contributed by atoms with Crippen molar-refractivity contribution in [3.8, 4) is 73.6 Å². The zero-order chi connectivity index (χ0) is 45.9. The molecule has 1 spiro atoms. The Bertz CT molecular complexity index is 4170. The molecule has 13 aromatic rings. The molecule has 3 aromatic heterocycles. The number of ether oxygens (including phenoxy) is 1. The van der Waals surface area contributed by atoms with Crippen molar-refractivity contribution < 1.29 is 9.15 Å². The topological polar surface area (TPSA) is 66.0 Å². The summed E-state index contributed by atoms with van der Waals surface area (Å²) in [7, 11) is 0. The van der Waals surface area contributed by atoms with Gasteiger partial charge in [0.15, 0.2) is 17.5 Å². The van der Waals surface area contributed by atoms with Crippen LogP contribution in [0.25, 0.3) is 106 Å². The molecule has 0 radical (unpaired) electrons.